The molecule has 2 aromatic rings. The number of nitrogens with zero attached hydrogens (tertiary/aromatic N) is 3. The van der Waals surface area contributed by atoms with E-state index in [0.29, 0.717) is 39.3 Å². The van der Waals surface area contributed by atoms with Crippen molar-refractivity contribution in [1.29, 1.82) is 0 Å². The summed E-state index contributed by atoms with van der Waals surface area (Å²) in [4.78, 5) is 75.1. The van der Waals surface area contributed by atoms with Crippen molar-refractivity contribution < 1.29 is 47.8 Å². The van der Waals surface area contributed by atoms with Crippen LogP contribution in [0.25, 0.3) is 0 Å². The highest BCUT2D eigenvalue weighted by Gasteiger charge is 2.40. The summed E-state index contributed by atoms with van der Waals surface area (Å²) >= 11 is 0. The molecule has 1 heterocycles. The van der Waals surface area contributed by atoms with Crippen LogP contribution in [0.15, 0.2) is 60.7 Å². The molecule has 0 aliphatic carbocycles. The molecule has 55 heavy (non-hydrogen) atoms. The molecule has 1 saturated heterocycles. The van der Waals surface area contributed by atoms with Gasteiger partial charge in [0.05, 0.1) is 0 Å². The number of hydrogen-bond donors (Lipinski definition) is 2. The van der Waals surface area contributed by atoms with E-state index in [9.17, 15) is 24.0 Å². The van der Waals surface area contributed by atoms with Gasteiger partial charge in [0.15, 0.2) is 0 Å². The highest BCUT2D eigenvalue weighted by Crippen LogP contribution is 2.17. The molecule has 304 valence electrons. The second-order valence-electron chi connectivity index (χ2n) is 15.2. The minimum Gasteiger partial charge on any atom is -0.459 e. The molecule has 0 amide bonds. The molecule has 1 aliphatic heterocycles. The lowest BCUT2D eigenvalue weighted by molar-refractivity contribution is -0.191. The fourth-order valence-electron chi connectivity index (χ4n) is 5.53. The Balaban J connectivity index is 1.80. The van der Waals surface area contributed by atoms with Crippen molar-refractivity contribution in [3.8, 4) is 0 Å². The fraction of sp³-hybridized carbons (Fsp3) is 0.575. The van der Waals surface area contributed by atoms with E-state index in [1.807, 2.05) is 60.7 Å². The van der Waals surface area contributed by atoms with Gasteiger partial charge in [-0.1, -0.05) is 60.7 Å². The number of rotatable bonds is 14. The molecule has 0 aromatic heterocycles. The molecule has 0 atom stereocenters. The number of nitrogens with one attached hydrogen (secondary N) is 2. The van der Waals surface area contributed by atoms with Gasteiger partial charge in [-0.25, -0.2) is 19.2 Å². The van der Waals surface area contributed by atoms with Crippen molar-refractivity contribution in [2.24, 2.45) is 0 Å². The molecule has 15 heteroatoms. The maximum Gasteiger partial charge on any atom is 0.335 e. The van der Waals surface area contributed by atoms with E-state index in [1.54, 1.807) is 46.4 Å². The van der Waals surface area contributed by atoms with Crippen molar-refractivity contribution in [3.05, 3.63) is 71.8 Å². The summed E-state index contributed by atoms with van der Waals surface area (Å²) in [5, 5.41) is 7.90. The van der Waals surface area contributed by atoms with Crippen LogP contribution in [-0.2, 0) is 61.0 Å². The summed E-state index contributed by atoms with van der Waals surface area (Å²) in [5.41, 5.74) is -0.206. The predicted octanol–water partition coefficient (Wildman–Crippen LogP) is 2.47. The Hall–Kier alpha value is -4.41. The first-order valence-electron chi connectivity index (χ1n) is 18.7. The topological polar surface area (TPSA) is 165 Å². The number of carbonyl (C=O) groups is 5. The third-order valence-corrected chi connectivity index (χ3v) is 8.06. The lowest BCUT2D eigenvalue weighted by Gasteiger charge is -2.35. The molecule has 0 radical (unpaired) electrons. The van der Waals surface area contributed by atoms with Crippen LogP contribution in [0.5, 0.6) is 0 Å². The second-order valence-corrected chi connectivity index (χ2v) is 15.2. The van der Waals surface area contributed by atoms with Gasteiger partial charge in [-0.3, -0.25) is 19.9 Å². The number of carbonyl (C=O) groups excluding carboxylic acids is 5. The van der Waals surface area contributed by atoms with E-state index in [4.69, 9.17) is 23.8 Å². The number of hydroxylamine groups is 2. The Kier molecular flexibility index (Phi) is 18.2. The minimum absolute atomic E-state index is 0.0111. The van der Waals surface area contributed by atoms with Gasteiger partial charge in [0.2, 0.25) is 12.1 Å². The van der Waals surface area contributed by atoms with Gasteiger partial charge in [0.1, 0.15) is 24.4 Å². The normalized spacial score (nSPS) is 15.7. The largest absolute Gasteiger partial charge is 0.459 e. The molecule has 0 saturated carbocycles. The van der Waals surface area contributed by atoms with E-state index < -0.39 is 53.1 Å². The molecule has 0 unspecified atom stereocenters. The molecular formula is C40H59N5O10. The second kappa shape index (κ2) is 22.2. The molecular weight excluding hydrogens is 710 g/mol. The Labute approximate surface area is 324 Å². The van der Waals surface area contributed by atoms with Crippen LogP contribution in [0.4, 0.5) is 0 Å². The number of benzene rings is 2. The quantitative estimate of drug-likeness (QED) is 0.164. The first-order valence-corrected chi connectivity index (χ1v) is 18.7. The average Bonchev–Trinajstić information content (AvgIpc) is 3.10. The van der Waals surface area contributed by atoms with E-state index >= 15 is 0 Å². The Bertz CT molecular complexity index is 1430. The number of ether oxygens (including phenoxy) is 4. The van der Waals surface area contributed by atoms with Gasteiger partial charge in [-0.2, -0.15) is 0 Å². The van der Waals surface area contributed by atoms with Gasteiger partial charge in [0, 0.05) is 72.4 Å². The third-order valence-electron chi connectivity index (χ3n) is 8.06. The summed E-state index contributed by atoms with van der Waals surface area (Å²) in [5.74, 6) is -3.53. The summed E-state index contributed by atoms with van der Waals surface area (Å²) < 4.78 is 22.5. The van der Waals surface area contributed by atoms with Crippen molar-refractivity contribution in [1.82, 2.24) is 25.5 Å². The van der Waals surface area contributed by atoms with Crippen LogP contribution in [0.1, 0.15) is 59.6 Å². The minimum atomic E-state index is -1.40. The zero-order chi connectivity index (χ0) is 40.4. The van der Waals surface area contributed by atoms with Crippen LogP contribution in [0, 0.1) is 0 Å². The van der Waals surface area contributed by atoms with Gasteiger partial charge in [-0.15, -0.1) is 5.06 Å². The molecule has 15 nitrogen and oxygen atoms in total. The maximum absolute atomic E-state index is 13.7. The first kappa shape index (κ1) is 45.0. The molecule has 2 N–H and O–H groups in total. The summed E-state index contributed by atoms with van der Waals surface area (Å²) in [6, 6.07) is 15.5. The summed E-state index contributed by atoms with van der Waals surface area (Å²) in [6.07, 6.45) is 0. The Morgan fingerprint density at radius 3 is 1.65 bits per heavy atom. The maximum atomic E-state index is 13.7. The van der Waals surface area contributed by atoms with Crippen LogP contribution in [0.2, 0.25) is 0 Å². The standard InChI is InChI=1S/C40H59N5O10/c1-30(46)55-45-23-19-41-18-21-43(24-25-44(26-27-45)34(37(49)53-39(2,3)4)38(50)54-40(5,6)7)22-20-42-33(35(47)51-28-31-14-10-8-11-15-31)36(48)52-29-32-16-12-9-13-17-32/h8-17,33-34,41-42H,18-29H2,1-7H3. The highest BCUT2D eigenvalue weighted by molar-refractivity contribution is 6.00. The molecule has 0 spiro atoms. The lowest BCUT2D eigenvalue weighted by Crippen LogP contribution is -2.56. The van der Waals surface area contributed by atoms with Gasteiger partial charge in [0.25, 0.3) is 0 Å². The van der Waals surface area contributed by atoms with Gasteiger partial charge < -0.3 is 29.1 Å². The highest BCUT2D eigenvalue weighted by atomic mass is 16.7. The Morgan fingerprint density at radius 1 is 0.673 bits per heavy atom. The average molecular weight is 770 g/mol. The first-order chi connectivity index (χ1) is 26.0. The van der Waals surface area contributed by atoms with E-state index in [-0.39, 0.29) is 39.4 Å². The number of hydrogen-bond acceptors (Lipinski definition) is 15. The monoisotopic (exact) mass is 769 g/mol. The SMILES string of the molecule is CC(=O)ON1CCNCCN(CCNC(C(=O)OCc2ccccc2)C(=O)OCc2ccccc2)CCN(C(C(=O)OC(C)(C)C)C(=O)OC(C)(C)C)CC1. The van der Waals surface area contributed by atoms with Gasteiger partial charge >= 0.3 is 29.8 Å². The molecule has 1 aliphatic rings. The van der Waals surface area contributed by atoms with Crippen LogP contribution in [-0.4, -0.2) is 133 Å². The molecule has 1 fully saturated rings. The fourth-order valence-corrected chi connectivity index (χ4v) is 5.53. The molecule has 0 bridgehead atoms. The van der Waals surface area contributed by atoms with Crippen molar-refractivity contribution in [2.75, 3.05) is 65.4 Å². The van der Waals surface area contributed by atoms with Crippen molar-refractivity contribution in [3.63, 3.8) is 0 Å². The van der Waals surface area contributed by atoms with E-state index in [1.165, 1.54) is 12.0 Å². The smallest absolute Gasteiger partial charge is 0.335 e. The summed E-state index contributed by atoms with van der Waals surface area (Å²) in [7, 11) is 0. The summed E-state index contributed by atoms with van der Waals surface area (Å²) in [6.45, 7) is 15.1. The Morgan fingerprint density at radius 2 is 1.16 bits per heavy atom. The number of esters is 4. The van der Waals surface area contributed by atoms with Gasteiger partial charge in [-0.05, 0) is 52.7 Å². The van der Waals surface area contributed by atoms with E-state index in [2.05, 4.69) is 15.5 Å². The van der Waals surface area contributed by atoms with Crippen molar-refractivity contribution in [2.45, 2.75) is 85.0 Å². The van der Waals surface area contributed by atoms with Crippen molar-refractivity contribution >= 4 is 29.8 Å². The van der Waals surface area contributed by atoms with E-state index in [0.717, 1.165) is 11.1 Å². The lowest BCUT2D eigenvalue weighted by atomic mass is 10.1. The zero-order valence-electron chi connectivity index (χ0n) is 33.3. The van der Waals surface area contributed by atoms with Crippen LogP contribution < -0.4 is 10.6 Å². The van der Waals surface area contributed by atoms with Crippen LogP contribution >= 0.6 is 0 Å². The predicted molar refractivity (Wildman–Crippen MR) is 204 cm³/mol. The zero-order valence-corrected chi connectivity index (χ0v) is 33.3. The molecule has 2 aromatic carbocycles. The third kappa shape index (κ3) is 17.7. The molecule has 3 rings (SSSR count). The van der Waals surface area contributed by atoms with Crippen LogP contribution in [0.3, 0.4) is 0 Å².